The highest BCUT2D eigenvalue weighted by Gasteiger charge is 2.28. The summed E-state index contributed by atoms with van der Waals surface area (Å²) in [7, 11) is -3.76. The summed E-state index contributed by atoms with van der Waals surface area (Å²) in [4.78, 5) is 11.9. The summed E-state index contributed by atoms with van der Waals surface area (Å²) in [5.74, 6) is 0.165. The molecule has 0 spiro atoms. The Morgan fingerprint density at radius 3 is 2.64 bits per heavy atom. The molecule has 7 heteroatoms. The van der Waals surface area contributed by atoms with E-state index in [4.69, 9.17) is 4.74 Å². The minimum absolute atomic E-state index is 0.105. The van der Waals surface area contributed by atoms with Crippen LogP contribution in [-0.2, 0) is 14.8 Å². The standard InChI is InChI=1S/C18H20N2O4S/c1-4-20(14-7-5-6-12(2)10-14)25(22,23)15-8-9-17-16(11-15)19-18(21)13(3)24-17/h5-11,13H,4H2,1-3H3,(H,19,21). The molecule has 2 aromatic carbocycles. The summed E-state index contributed by atoms with van der Waals surface area (Å²) in [6, 6.07) is 11.8. The van der Waals surface area contributed by atoms with Crippen molar-refractivity contribution in [3.05, 3.63) is 48.0 Å². The van der Waals surface area contributed by atoms with Crippen molar-refractivity contribution in [2.24, 2.45) is 0 Å². The third-order valence-corrected chi connectivity index (χ3v) is 5.95. The molecule has 0 aromatic heterocycles. The van der Waals surface area contributed by atoms with Gasteiger partial charge in [0.15, 0.2) is 6.10 Å². The van der Waals surface area contributed by atoms with Crippen molar-refractivity contribution < 1.29 is 17.9 Å². The number of fused-ring (bicyclic) bond motifs is 1. The van der Waals surface area contributed by atoms with E-state index in [-0.39, 0.29) is 10.8 Å². The quantitative estimate of drug-likeness (QED) is 0.910. The lowest BCUT2D eigenvalue weighted by Crippen LogP contribution is -2.35. The summed E-state index contributed by atoms with van der Waals surface area (Å²) in [5.41, 5.74) is 1.95. The van der Waals surface area contributed by atoms with Crippen molar-refractivity contribution in [2.45, 2.75) is 31.8 Å². The van der Waals surface area contributed by atoms with Crippen molar-refractivity contribution in [1.29, 1.82) is 0 Å². The first-order valence-electron chi connectivity index (χ1n) is 8.04. The minimum Gasteiger partial charge on any atom is -0.479 e. The molecule has 0 saturated carbocycles. The molecule has 0 bridgehead atoms. The highest BCUT2D eigenvalue weighted by atomic mass is 32.2. The zero-order chi connectivity index (χ0) is 18.2. The number of hydrogen-bond donors (Lipinski definition) is 1. The van der Waals surface area contributed by atoms with Crippen LogP contribution in [0.2, 0.25) is 0 Å². The number of sulfonamides is 1. The van der Waals surface area contributed by atoms with Gasteiger partial charge in [0.25, 0.3) is 15.9 Å². The predicted molar refractivity (Wildman–Crippen MR) is 96.5 cm³/mol. The maximum absolute atomic E-state index is 13.1. The van der Waals surface area contributed by atoms with E-state index < -0.39 is 16.1 Å². The van der Waals surface area contributed by atoms with Gasteiger partial charge in [0.05, 0.1) is 16.3 Å². The molecule has 1 N–H and O–H groups in total. The highest BCUT2D eigenvalue weighted by Crippen LogP contribution is 2.33. The number of carbonyl (C=O) groups excluding carboxylic acids is 1. The Balaban J connectivity index is 2.02. The molecule has 0 aliphatic carbocycles. The molecule has 1 unspecified atom stereocenters. The fourth-order valence-corrected chi connectivity index (χ4v) is 4.24. The zero-order valence-corrected chi connectivity index (χ0v) is 15.1. The van der Waals surface area contributed by atoms with Crippen LogP contribution in [0.15, 0.2) is 47.4 Å². The van der Waals surface area contributed by atoms with E-state index in [2.05, 4.69) is 5.32 Å². The predicted octanol–water partition coefficient (Wildman–Crippen LogP) is 2.93. The number of anilines is 2. The van der Waals surface area contributed by atoms with Crippen molar-refractivity contribution >= 4 is 27.3 Å². The van der Waals surface area contributed by atoms with E-state index in [1.54, 1.807) is 26.0 Å². The number of rotatable bonds is 4. The lowest BCUT2D eigenvalue weighted by atomic mass is 10.2. The van der Waals surface area contributed by atoms with Gasteiger partial charge >= 0.3 is 0 Å². The van der Waals surface area contributed by atoms with Gasteiger partial charge in [-0.25, -0.2) is 8.42 Å². The smallest absolute Gasteiger partial charge is 0.265 e. The van der Waals surface area contributed by atoms with E-state index in [0.717, 1.165) is 5.56 Å². The number of nitrogens with one attached hydrogen (secondary N) is 1. The molecule has 1 heterocycles. The van der Waals surface area contributed by atoms with Crippen molar-refractivity contribution in [3.63, 3.8) is 0 Å². The Kier molecular flexibility index (Phi) is 4.43. The van der Waals surface area contributed by atoms with E-state index in [1.165, 1.54) is 16.4 Å². The van der Waals surface area contributed by atoms with Crippen LogP contribution in [0.5, 0.6) is 5.75 Å². The Bertz CT molecular complexity index is 924. The number of amides is 1. The average molecular weight is 360 g/mol. The average Bonchev–Trinajstić information content (AvgIpc) is 2.56. The molecule has 132 valence electrons. The van der Waals surface area contributed by atoms with E-state index in [9.17, 15) is 13.2 Å². The second-order valence-corrected chi connectivity index (χ2v) is 7.78. The fourth-order valence-electron chi connectivity index (χ4n) is 2.75. The van der Waals surface area contributed by atoms with Gasteiger partial charge in [-0.3, -0.25) is 9.10 Å². The summed E-state index contributed by atoms with van der Waals surface area (Å²) in [6.45, 7) is 5.63. The lowest BCUT2D eigenvalue weighted by molar-refractivity contribution is -0.122. The van der Waals surface area contributed by atoms with Crippen LogP contribution >= 0.6 is 0 Å². The molecule has 25 heavy (non-hydrogen) atoms. The van der Waals surface area contributed by atoms with Gasteiger partial charge in [-0.1, -0.05) is 12.1 Å². The third-order valence-electron chi connectivity index (χ3n) is 4.05. The normalized spacial score (nSPS) is 16.6. The van der Waals surface area contributed by atoms with E-state index in [0.29, 0.717) is 23.7 Å². The second kappa shape index (κ2) is 6.40. The molecular weight excluding hydrogens is 340 g/mol. The van der Waals surface area contributed by atoms with Crippen LogP contribution < -0.4 is 14.4 Å². The Morgan fingerprint density at radius 2 is 1.96 bits per heavy atom. The number of aryl methyl sites for hydroxylation is 1. The van der Waals surface area contributed by atoms with Crippen LogP contribution in [-0.4, -0.2) is 27.0 Å². The molecule has 2 aromatic rings. The molecule has 0 radical (unpaired) electrons. The van der Waals surface area contributed by atoms with Crippen molar-refractivity contribution in [3.8, 4) is 5.75 Å². The van der Waals surface area contributed by atoms with Crippen molar-refractivity contribution in [2.75, 3.05) is 16.2 Å². The minimum atomic E-state index is -3.76. The van der Waals surface area contributed by atoms with Gasteiger partial charge in [-0.2, -0.15) is 0 Å². The fraction of sp³-hybridized carbons (Fsp3) is 0.278. The van der Waals surface area contributed by atoms with Crippen LogP contribution in [0, 0.1) is 6.92 Å². The highest BCUT2D eigenvalue weighted by molar-refractivity contribution is 7.92. The first-order valence-corrected chi connectivity index (χ1v) is 9.48. The molecule has 0 saturated heterocycles. The van der Waals surface area contributed by atoms with Gasteiger partial charge in [0.1, 0.15) is 5.75 Å². The maximum atomic E-state index is 13.1. The largest absolute Gasteiger partial charge is 0.479 e. The van der Waals surface area contributed by atoms with E-state index in [1.807, 2.05) is 25.1 Å². The maximum Gasteiger partial charge on any atom is 0.265 e. The van der Waals surface area contributed by atoms with Gasteiger partial charge in [-0.15, -0.1) is 0 Å². The Morgan fingerprint density at radius 1 is 1.20 bits per heavy atom. The van der Waals surface area contributed by atoms with Crippen LogP contribution in [0.1, 0.15) is 19.4 Å². The molecule has 1 atom stereocenters. The first-order chi connectivity index (χ1) is 11.8. The molecule has 1 amide bonds. The number of ether oxygens (including phenoxy) is 1. The number of hydrogen-bond acceptors (Lipinski definition) is 4. The SMILES string of the molecule is CCN(c1cccc(C)c1)S(=O)(=O)c1ccc2c(c1)NC(=O)C(C)O2. The Labute approximate surface area is 147 Å². The molecule has 1 aliphatic rings. The molecular formula is C18H20N2O4S. The topological polar surface area (TPSA) is 75.7 Å². The first kappa shape index (κ1) is 17.3. The van der Waals surface area contributed by atoms with Crippen LogP contribution in [0.4, 0.5) is 11.4 Å². The number of carbonyl (C=O) groups is 1. The zero-order valence-electron chi connectivity index (χ0n) is 14.3. The number of benzene rings is 2. The molecule has 0 fully saturated rings. The van der Waals surface area contributed by atoms with Gasteiger partial charge in [0, 0.05) is 6.54 Å². The third kappa shape index (κ3) is 3.19. The van der Waals surface area contributed by atoms with Crippen LogP contribution in [0.3, 0.4) is 0 Å². The number of nitrogens with zero attached hydrogens (tertiary/aromatic N) is 1. The van der Waals surface area contributed by atoms with Gasteiger partial charge < -0.3 is 10.1 Å². The lowest BCUT2D eigenvalue weighted by Gasteiger charge is -2.26. The van der Waals surface area contributed by atoms with Gasteiger partial charge in [-0.05, 0) is 56.7 Å². The van der Waals surface area contributed by atoms with Crippen LogP contribution in [0.25, 0.3) is 0 Å². The summed E-state index contributed by atoms with van der Waals surface area (Å²) < 4.78 is 33.0. The monoisotopic (exact) mass is 360 g/mol. The molecule has 1 aliphatic heterocycles. The summed E-state index contributed by atoms with van der Waals surface area (Å²) in [5, 5.41) is 2.68. The second-order valence-electron chi connectivity index (χ2n) is 5.92. The van der Waals surface area contributed by atoms with Crippen molar-refractivity contribution in [1.82, 2.24) is 0 Å². The van der Waals surface area contributed by atoms with Gasteiger partial charge in [0.2, 0.25) is 0 Å². The summed E-state index contributed by atoms with van der Waals surface area (Å²) >= 11 is 0. The van der Waals surface area contributed by atoms with E-state index >= 15 is 0 Å². The molecule has 6 nitrogen and oxygen atoms in total. The Hall–Kier alpha value is -2.54. The summed E-state index contributed by atoms with van der Waals surface area (Å²) in [6.07, 6.45) is -0.602. The molecule has 3 rings (SSSR count).